The molecule has 0 aliphatic rings. The smallest absolute Gasteiger partial charge is 0.257 e. The number of rotatable bonds is 3. The third-order valence-corrected chi connectivity index (χ3v) is 4.25. The van der Waals surface area contributed by atoms with E-state index in [-0.39, 0.29) is 5.91 Å². The summed E-state index contributed by atoms with van der Waals surface area (Å²) in [6.07, 6.45) is 1.93. The fraction of sp³-hybridized carbons (Fsp3) is 0.250. The van der Waals surface area contributed by atoms with Gasteiger partial charge in [-0.3, -0.25) is 10.1 Å². The number of aromatic nitrogens is 2. The van der Waals surface area contributed by atoms with Crippen molar-refractivity contribution in [3.05, 3.63) is 34.9 Å². The molecule has 1 N–H and O–H groups in total. The molecule has 0 radical (unpaired) electrons. The van der Waals surface area contributed by atoms with Gasteiger partial charge in [0.2, 0.25) is 5.13 Å². The molecule has 1 heterocycles. The van der Waals surface area contributed by atoms with Crippen LogP contribution in [0.5, 0.6) is 0 Å². The third-order valence-electron chi connectivity index (χ3n) is 2.44. The largest absolute Gasteiger partial charge is 0.296 e. The van der Waals surface area contributed by atoms with Crippen LogP contribution in [0.25, 0.3) is 0 Å². The van der Waals surface area contributed by atoms with Gasteiger partial charge < -0.3 is 0 Å². The van der Waals surface area contributed by atoms with Crippen molar-refractivity contribution in [1.82, 2.24) is 10.2 Å². The van der Waals surface area contributed by atoms with Crippen molar-refractivity contribution in [3.63, 3.8) is 0 Å². The van der Waals surface area contributed by atoms with Crippen molar-refractivity contribution in [3.8, 4) is 0 Å². The van der Waals surface area contributed by atoms with Gasteiger partial charge in [-0.2, -0.15) is 0 Å². The van der Waals surface area contributed by atoms with Crippen LogP contribution in [0, 0.1) is 13.8 Å². The van der Waals surface area contributed by atoms with Gasteiger partial charge in [0.1, 0.15) is 0 Å². The van der Waals surface area contributed by atoms with Gasteiger partial charge in [0, 0.05) is 5.56 Å². The summed E-state index contributed by atoms with van der Waals surface area (Å²) in [4.78, 5) is 12.1. The second kappa shape index (κ2) is 5.49. The first kappa shape index (κ1) is 13.0. The Morgan fingerprint density at radius 2 is 2.11 bits per heavy atom. The van der Waals surface area contributed by atoms with Crippen LogP contribution in [0.3, 0.4) is 0 Å². The minimum absolute atomic E-state index is 0.139. The first-order chi connectivity index (χ1) is 8.60. The predicted octanol–water partition coefficient (Wildman–Crippen LogP) is 3.13. The standard InChI is InChI=1S/C12H13N3OS2/c1-7-4-5-8(2)9(6-7)10(16)13-11-14-15-12(17-3)18-11/h4-6H,1-3H3,(H,13,14,16). The zero-order valence-corrected chi connectivity index (χ0v) is 12.0. The molecule has 6 heteroatoms. The molecule has 1 amide bonds. The number of hydrogen-bond acceptors (Lipinski definition) is 5. The van der Waals surface area contributed by atoms with E-state index >= 15 is 0 Å². The van der Waals surface area contributed by atoms with Gasteiger partial charge in [-0.15, -0.1) is 10.2 Å². The van der Waals surface area contributed by atoms with Crippen molar-refractivity contribution >= 4 is 34.1 Å². The van der Waals surface area contributed by atoms with Gasteiger partial charge in [0.05, 0.1) is 0 Å². The topological polar surface area (TPSA) is 54.9 Å². The van der Waals surface area contributed by atoms with Crippen molar-refractivity contribution < 1.29 is 4.79 Å². The van der Waals surface area contributed by atoms with Crippen molar-refractivity contribution in [1.29, 1.82) is 0 Å². The molecular weight excluding hydrogens is 266 g/mol. The fourth-order valence-corrected chi connectivity index (χ4v) is 2.65. The zero-order valence-electron chi connectivity index (χ0n) is 10.4. The second-order valence-corrected chi connectivity index (χ2v) is 5.88. The molecule has 1 aromatic carbocycles. The number of benzene rings is 1. The summed E-state index contributed by atoms with van der Waals surface area (Å²) in [5.74, 6) is -0.139. The minimum atomic E-state index is -0.139. The molecule has 2 rings (SSSR count). The SMILES string of the molecule is CSc1nnc(NC(=O)c2cc(C)ccc2C)s1. The third kappa shape index (κ3) is 2.88. The first-order valence-corrected chi connectivity index (χ1v) is 7.40. The Morgan fingerprint density at radius 1 is 1.33 bits per heavy atom. The number of thioether (sulfide) groups is 1. The normalized spacial score (nSPS) is 10.4. The lowest BCUT2D eigenvalue weighted by Crippen LogP contribution is -2.13. The van der Waals surface area contributed by atoms with E-state index in [1.165, 1.54) is 23.1 Å². The van der Waals surface area contributed by atoms with Crippen molar-refractivity contribution in [2.75, 3.05) is 11.6 Å². The van der Waals surface area contributed by atoms with Crippen molar-refractivity contribution in [2.45, 2.75) is 18.2 Å². The Bertz CT molecular complexity index is 580. The number of amides is 1. The molecule has 0 fully saturated rings. The lowest BCUT2D eigenvalue weighted by atomic mass is 10.1. The maximum absolute atomic E-state index is 12.1. The van der Waals surface area contributed by atoms with Gasteiger partial charge in [-0.1, -0.05) is 40.8 Å². The summed E-state index contributed by atoms with van der Waals surface area (Å²) < 4.78 is 0.839. The van der Waals surface area contributed by atoms with Crippen LogP contribution in [0.1, 0.15) is 21.5 Å². The second-order valence-electron chi connectivity index (χ2n) is 3.85. The summed E-state index contributed by atoms with van der Waals surface area (Å²) in [6, 6.07) is 5.81. The van der Waals surface area contributed by atoms with E-state index in [1.54, 1.807) is 0 Å². The van der Waals surface area contributed by atoms with Crippen LogP contribution in [0.15, 0.2) is 22.5 Å². The molecule has 1 aromatic heterocycles. The lowest BCUT2D eigenvalue weighted by molar-refractivity contribution is 0.102. The number of carbonyl (C=O) groups is 1. The minimum Gasteiger partial charge on any atom is -0.296 e. The van der Waals surface area contributed by atoms with Crippen molar-refractivity contribution in [2.24, 2.45) is 0 Å². The number of aryl methyl sites for hydroxylation is 2. The molecule has 0 unspecified atom stereocenters. The Labute approximate surface area is 114 Å². The van der Waals surface area contributed by atoms with Gasteiger partial charge in [0.15, 0.2) is 4.34 Å². The molecule has 2 aromatic rings. The Hall–Kier alpha value is -1.40. The van der Waals surface area contributed by atoms with Crippen LogP contribution >= 0.6 is 23.1 Å². The van der Waals surface area contributed by atoms with E-state index in [4.69, 9.17) is 0 Å². The predicted molar refractivity (Wildman–Crippen MR) is 75.6 cm³/mol. The first-order valence-electron chi connectivity index (χ1n) is 5.36. The molecule has 0 aliphatic carbocycles. The van der Waals surface area contributed by atoms with E-state index in [0.717, 1.165) is 15.5 Å². The molecule has 94 valence electrons. The van der Waals surface area contributed by atoms with Gasteiger partial charge in [-0.25, -0.2) is 0 Å². The molecule has 0 spiro atoms. The van der Waals surface area contributed by atoms with Crippen LogP contribution in [-0.4, -0.2) is 22.4 Å². The lowest BCUT2D eigenvalue weighted by Gasteiger charge is -2.05. The van der Waals surface area contributed by atoms with E-state index in [1.807, 2.05) is 38.3 Å². The number of anilines is 1. The highest BCUT2D eigenvalue weighted by atomic mass is 32.2. The maximum atomic E-state index is 12.1. The quantitative estimate of drug-likeness (QED) is 0.693. The molecule has 0 saturated carbocycles. The fourth-order valence-electron chi connectivity index (χ4n) is 1.49. The molecular formula is C12H13N3OS2. The molecule has 0 aliphatic heterocycles. The monoisotopic (exact) mass is 279 g/mol. The summed E-state index contributed by atoms with van der Waals surface area (Å²) in [5, 5.41) is 11.2. The summed E-state index contributed by atoms with van der Waals surface area (Å²) in [7, 11) is 0. The highest BCUT2D eigenvalue weighted by Crippen LogP contribution is 2.23. The molecule has 4 nitrogen and oxygen atoms in total. The Kier molecular flexibility index (Phi) is 3.98. The summed E-state index contributed by atoms with van der Waals surface area (Å²) >= 11 is 2.89. The van der Waals surface area contributed by atoms with Gasteiger partial charge in [0.25, 0.3) is 5.91 Å². The van der Waals surface area contributed by atoms with Gasteiger partial charge >= 0.3 is 0 Å². The number of nitrogens with one attached hydrogen (secondary N) is 1. The van der Waals surface area contributed by atoms with E-state index in [9.17, 15) is 4.79 Å². The molecule has 0 saturated heterocycles. The highest BCUT2D eigenvalue weighted by molar-refractivity contribution is 8.00. The zero-order chi connectivity index (χ0) is 13.1. The van der Waals surface area contributed by atoms with Crippen LogP contribution < -0.4 is 5.32 Å². The average Bonchev–Trinajstić information content (AvgIpc) is 2.80. The number of carbonyl (C=O) groups excluding carboxylic acids is 1. The maximum Gasteiger partial charge on any atom is 0.257 e. The van der Waals surface area contributed by atoms with Gasteiger partial charge in [-0.05, 0) is 31.7 Å². The summed E-state index contributed by atoms with van der Waals surface area (Å²) in [6.45, 7) is 3.88. The highest BCUT2D eigenvalue weighted by Gasteiger charge is 2.12. The van der Waals surface area contributed by atoms with E-state index < -0.39 is 0 Å². The summed E-state index contributed by atoms with van der Waals surface area (Å²) in [5.41, 5.74) is 2.69. The Balaban J connectivity index is 2.19. The van der Waals surface area contributed by atoms with E-state index in [0.29, 0.717) is 10.7 Å². The number of nitrogens with zero attached hydrogens (tertiary/aromatic N) is 2. The van der Waals surface area contributed by atoms with Crippen LogP contribution in [-0.2, 0) is 0 Å². The van der Waals surface area contributed by atoms with E-state index in [2.05, 4.69) is 15.5 Å². The Morgan fingerprint density at radius 3 is 2.78 bits per heavy atom. The molecule has 0 atom stereocenters. The van der Waals surface area contributed by atoms with Crippen LogP contribution in [0.4, 0.5) is 5.13 Å². The van der Waals surface area contributed by atoms with Crippen LogP contribution in [0.2, 0.25) is 0 Å². The molecule has 0 bridgehead atoms. The average molecular weight is 279 g/mol. The molecule has 18 heavy (non-hydrogen) atoms. The number of hydrogen-bond donors (Lipinski definition) is 1.